The Morgan fingerprint density at radius 3 is 2.87 bits per heavy atom. The standard InChI is InChI=1S/C10H14ClNO2S/c1-12(6-5-10(13)14-2)7-8-3-4-9(11)15-8/h3-4H,5-7H2,1-2H3. The molecule has 1 rings (SSSR count). The number of hydrogen-bond donors (Lipinski definition) is 0. The third kappa shape index (κ3) is 4.64. The number of rotatable bonds is 5. The number of hydrogen-bond acceptors (Lipinski definition) is 4. The second kappa shape index (κ2) is 6.10. The van der Waals surface area contributed by atoms with E-state index in [1.807, 2.05) is 19.2 Å². The van der Waals surface area contributed by atoms with E-state index >= 15 is 0 Å². The van der Waals surface area contributed by atoms with E-state index in [1.54, 1.807) is 11.3 Å². The van der Waals surface area contributed by atoms with Gasteiger partial charge in [0.1, 0.15) is 0 Å². The molecule has 1 aromatic rings. The summed E-state index contributed by atoms with van der Waals surface area (Å²) in [6.07, 6.45) is 0.423. The molecule has 0 unspecified atom stereocenters. The van der Waals surface area contributed by atoms with Gasteiger partial charge in [-0.1, -0.05) is 11.6 Å². The van der Waals surface area contributed by atoms with Crippen molar-refractivity contribution >= 4 is 28.9 Å². The molecule has 0 saturated carbocycles. The van der Waals surface area contributed by atoms with Gasteiger partial charge in [-0.15, -0.1) is 11.3 Å². The molecule has 0 radical (unpaired) electrons. The van der Waals surface area contributed by atoms with Gasteiger partial charge in [0.15, 0.2) is 0 Å². The summed E-state index contributed by atoms with van der Waals surface area (Å²) in [5, 5.41) is 0. The summed E-state index contributed by atoms with van der Waals surface area (Å²) in [6.45, 7) is 1.51. The van der Waals surface area contributed by atoms with Crippen LogP contribution in [0.1, 0.15) is 11.3 Å². The fourth-order valence-electron chi connectivity index (χ4n) is 1.17. The summed E-state index contributed by atoms with van der Waals surface area (Å²) >= 11 is 7.38. The minimum Gasteiger partial charge on any atom is -0.469 e. The number of esters is 1. The molecule has 0 spiro atoms. The topological polar surface area (TPSA) is 29.5 Å². The molecule has 0 bridgehead atoms. The van der Waals surface area contributed by atoms with Gasteiger partial charge in [-0.05, 0) is 19.2 Å². The second-order valence-electron chi connectivity index (χ2n) is 3.27. The molecule has 0 saturated heterocycles. The van der Waals surface area contributed by atoms with Gasteiger partial charge in [0, 0.05) is 18.0 Å². The smallest absolute Gasteiger partial charge is 0.306 e. The molecule has 0 N–H and O–H groups in total. The van der Waals surface area contributed by atoms with Crippen LogP contribution < -0.4 is 0 Å². The Balaban J connectivity index is 2.30. The maximum atomic E-state index is 10.9. The first-order valence-electron chi connectivity index (χ1n) is 4.61. The highest BCUT2D eigenvalue weighted by atomic mass is 35.5. The van der Waals surface area contributed by atoms with Gasteiger partial charge >= 0.3 is 5.97 Å². The number of halogens is 1. The molecule has 1 heterocycles. The number of carbonyl (C=O) groups is 1. The van der Waals surface area contributed by atoms with E-state index < -0.39 is 0 Å². The van der Waals surface area contributed by atoms with E-state index in [4.69, 9.17) is 11.6 Å². The lowest BCUT2D eigenvalue weighted by Gasteiger charge is -2.14. The normalized spacial score (nSPS) is 10.7. The van der Waals surface area contributed by atoms with Crippen molar-refractivity contribution in [1.29, 1.82) is 0 Å². The van der Waals surface area contributed by atoms with Crippen molar-refractivity contribution < 1.29 is 9.53 Å². The zero-order valence-corrected chi connectivity index (χ0v) is 10.4. The molecule has 0 aliphatic rings. The Morgan fingerprint density at radius 1 is 1.60 bits per heavy atom. The molecule has 84 valence electrons. The largest absolute Gasteiger partial charge is 0.469 e. The van der Waals surface area contributed by atoms with E-state index in [9.17, 15) is 4.79 Å². The number of thiophene rings is 1. The average Bonchev–Trinajstić information content (AvgIpc) is 2.60. The molecule has 0 amide bonds. The lowest BCUT2D eigenvalue weighted by molar-refractivity contribution is -0.140. The van der Waals surface area contributed by atoms with Crippen molar-refractivity contribution in [1.82, 2.24) is 4.90 Å². The highest BCUT2D eigenvalue weighted by molar-refractivity contribution is 7.16. The minimum absolute atomic E-state index is 0.175. The highest BCUT2D eigenvalue weighted by Crippen LogP contribution is 2.22. The lowest BCUT2D eigenvalue weighted by Crippen LogP contribution is -2.21. The molecule has 15 heavy (non-hydrogen) atoms. The lowest BCUT2D eigenvalue weighted by atomic mass is 10.3. The van der Waals surface area contributed by atoms with Gasteiger partial charge in [-0.3, -0.25) is 4.79 Å². The van der Waals surface area contributed by atoms with Crippen LogP contribution in [0.3, 0.4) is 0 Å². The first-order chi connectivity index (χ1) is 7.11. The first kappa shape index (κ1) is 12.5. The Bertz CT molecular complexity index is 327. The summed E-state index contributed by atoms with van der Waals surface area (Å²) in [6, 6.07) is 3.89. The van der Waals surface area contributed by atoms with Crippen molar-refractivity contribution in [3.8, 4) is 0 Å². The quantitative estimate of drug-likeness (QED) is 0.749. The molecule has 5 heteroatoms. The van der Waals surface area contributed by atoms with Crippen molar-refractivity contribution in [3.05, 3.63) is 21.3 Å². The summed E-state index contributed by atoms with van der Waals surface area (Å²) in [7, 11) is 3.37. The Kier molecular flexibility index (Phi) is 5.08. The van der Waals surface area contributed by atoms with Crippen molar-refractivity contribution in [2.75, 3.05) is 20.7 Å². The Labute approximate surface area is 98.6 Å². The first-order valence-corrected chi connectivity index (χ1v) is 5.81. The third-order valence-electron chi connectivity index (χ3n) is 1.98. The third-order valence-corrected chi connectivity index (χ3v) is 3.20. The number of methoxy groups -OCH3 is 1. The van der Waals surface area contributed by atoms with E-state index in [1.165, 1.54) is 12.0 Å². The van der Waals surface area contributed by atoms with E-state index in [2.05, 4.69) is 9.64 Å². The Morgan fingerprint density at radius 2 is 2.33 bits per heavy atom. The zero-order valence-electron chi connectivity index (χ0n) is 8.83. The van der Waals surface area contributed by atoms with Crippen LogP contribution in [0, 0.1) is 0 Å². The van der Waals surface area contributed by atoms with Crippen LogP contribution in [-0.2, 0) is 16.1 Å². The van der Waals surface area contributed by atoms with Gasteiger partial charge < -0.3 is 9.64 Å². The number of carbonyl (C=O) groups excluding carboxylic acids is 1. The SMILES string of the molecule is COC(=O)CCN(C)Cc1ccc(Cl)s1. The average molecular weight is 248 g/mol. The minimum atomic E-state index is -0.175. The van der Waals surface area contributed by atoms with Gasteiger partial charge in [0.25, 0.3) is 0 Å². The van der Waals surface area contributed by atoms with Crippen LogP contribution in [0.2, 0.25) is 4.34 Å². The number of nitrogens with zero attached hydrogens (tertiary/aromatic N) is 1. The van der Waals surface area contributed by atoms with Crippen LogP contribution in [0.25, 0.3) is 0 Å². The van der Waals surface area contributed by atoms with Gasteiger partial charge in [0.05, 0.1) is 17.9 Å². The maximum Gasteiger partial charge on any atom is 0.306 e. The van der Waals surface area contributed by atoms with E-state index in [0.717, 1.165) is 10.9 Å². The van der Waals surface area contributed by atoms with Crippen molar-refractivity contribution in [2.24, 2.45) is 0 Å². The van der Waals surface area contributed by atoms with Crippen LogP contribution in [-0.4, -0.2) is 31.6 Å². The van der Waals surface area contributed by atoms with Gasteiger partial charge in [-0.25, -0.2) is 0 Å². The van der Waals surface area contributed by atoms with Crippen LogP contribution in [0.15, 0.2) is 12.1 Å². The predicted octanol–water partition coefficient (Wildman–Crippen LogP) is 2.40. The van der Waals surface area contributed by atoms with Crippen molar-refractivity contribution in [2.45, 2.75) is 13.0 Å². The predicted molar refractivity (Wildman–Crippen MR) is 62.3 cm³/mol. The van der Waals surface area contributed by atoms with Gasteiger partial charge in [-0.2, -0.15) is 0 Å². The molecule has 3 nitrogen and oxygen atoms in total. The van der Waals surface area contributed by atoms with Gasteiger partial charge in [0.2, 0.25) is 0 Å². The Hall–Kier alpha value is -0.580. The summed E-state index contributed by atoms with van der Waals surface area (Å²) in [4.78, 5) is 14.2. The monoisotopic (exact) mass is 247 g/mol. The maximum absolute atomic E-state index is 10.9. The molecule has 0 aliphatic heterocycles. The molecule has 0 atom stereocenters. The van der Waals surface area contributed by atoms with Crippen LogP contribution >= 0.6 is 22.9 Å². The molecular formula is C10H14ClNO2S. The second-order valence-corrected chi connectivity index (χ2v) is 5.07. The molecule has 1 aromatic heterocycles. The van der Waals surface area contributed by atoms with E-state index in [0.29, 0.717) is 13.0 Å². The molecule has 0 aromatic carbocycles. The van der Waals surface area contributed by atoms with Crippen molar-refractivity contribution in [3.63, 3.8) is 0 Å². The molecular weight excluding hydrogens is 234 g/mol. The van der Waals surface area contributed by atoms with Crippen LogP contribution in [0.5, 0.6) is 0 Å². The fourth-order valence-corrected chi connectivity index (χ4v) is 2.33. The summed E-state index contributed by atoms with van der Waals surface area (Å²) < 4.78 is 5.37. The molecule has 0 fully saturated rings. The fraction of sp³-hybridized carbons (Fsp3) is 0.500. The summed E-state index contributed by atoms with van der Waals surface area (Å²) in [5.41, 5.74) is 0. The number of ether oxygens (including phenoxy) is 1. The highest BCUT2D eigenvalue weighted by Gasteiger charge is 2.06. The molecule has 0 aliphatic carbocycles. The van der Waals surface area contributed by atoms with E-state index in [-0.39, 0.29) is 5.97 Å². The van der Waals surface area contributed by atoms with Crippen LogP contribution in [0.4, 0.5) is 0 Å². The zero-order chi connectivity index (χ0) is 11.3. The summed E-state index contributed by atoms with van der Waals surface area (Å²) in [5.74, 6) is -0.175.